The van der Waals surface area contributed by atoms with Gasteiger partial charge in [-0.25, -0.2) is 0 Å². The van der Waals surface area contributed by atoms with Crippen molar-refractivity contribution < 1.29 is 55.1 Å². The average Bonchev–Trinajstić information content (AvgIpc) is 2.88. The van der Waals surface area contributed by atoms with Gasteiger partial charge >= 0.3 is 0 Å². The maximum Gasteiger partial charge on any atom is 0.294 e. The van der Waals surface area contributed by atoms with Crippen LogP contribution in [0, 0.1) is 0 Å². The van der Waals surface area contributed by atoms with Gasteiger partial charge in [0.2, 0.25) is 0 Å². The number of benzene rings is 2. The molecule has 0 unspecified atom stereocenters. The van der Waals surface area contributed by atoms with E-state index in [1.165, 1.54) is 26.6 Å². The molecule has 0 fully saturated rings. The molecule has 2 aromatic rings. The van der Waals surface area contributed by atoms with Crippen molar-refractivity contribution >= 4 is 32.7 Å². The SMILES string of the molecule is COCCOc1cc(S(=O)(=O)O)cc(C=NC(C)(C)C(C)(C)N=Cc2cc(S(=O)(=O)O)cc(OCCOC)c2O)c1O. The quantitative estimate of drug-likeness (QED) is 0.127. The molecule has 0 aliphatic heterocycles. The number of aliphatic imine (C=N–C) groups is 2. The molecule has 2 aromatic carbocycles. The molecule has 0 aromatic heterocycles. The van der Waals surface area contributed by atoms with E-state index in [9.17, 15) is 36.2 Å². The van der Waals surface area contributed by atoms with Gasteiger partial charge in [0.25, 0.3) is 20.2 Å². The van der Waals surface area contributed by atoms with E-state index in [-0.39, 0.29) is 49.1 Å². The highest BCUT2D eigenvalue weighted by Crippen LogP contribution is 2.36. The molecule has 14 nitrogen and oxygen atoms in total. The second kappa shape index (κ2) is 13.8. The Bertz CT molecular complexity index is 1420. The van der Waals surface area contributed by atoms with Gasteiger partial charge in [-0.3, -0.25) is 19.1 Å². The number of rotatable bonds is 15. The Kier molecular flexibility index (Phi) is 11.5. The van der Waals surface area contributed by atoms with Crippen LogP contribution < -0.4 is 9.47 Å². The molecule has 0 aliphatic rings. The predicted molar refractivity (Wildman–Crippen MR) is 154 cm³/mol. The highest BCUT2D eigenvalue weighted by molar-refractivity contribution is 7.86. The lowest BCUT2D eigenvalue weighted by Crippen LogP contribution is -2.42. The van der Waals surface area contributed by atoms with Crippen molar-refractivity contribution in [3.05, 3.63) is 35.4 Å². The molecule has 16 heteroatoms. The van der Waals surface area contributed by atoms with Crippen LogP contribution in [0.5, 0.6) is 23.0 Å². The summed E-state index contributed by atoms with van der Waals surface area (Å²) in [6.07, 6.45) is 2.39. The lowest BCUT2D eigenvalue weighted by molar-refractivity contribution is 0.144. The van der Waals surface area contributed by atoms with Crippen molar-refractivity contribution in [2.75, 3.05) is 40.6 Å². The van der Waals surface area contributed by atoms with E-state index in [4.69, 9.17) is 18.9 Å². The summed E-state index contributed by atoms with van der Waals surface area (Å²) < 4.78 is 86.9. The predicted octanol–water partition coefficient (Wildman–Crippen LogP) is 2.74. The fraction of sp³-hybridized carbons (Fsp3) is 0.462. The summed E-state index contributed by atoms with van der Waals surface area (Å²) in [4.78, 5) is 7.92. The highest BCUT2D eigenvalue weighted by Gasteiger charge is 2.36. The summed E-state index contributed by atoms with van der Waals surface area (Å²) in [7, 11) is -6.44. The third-order valence-electron chi connectivity index (χ3n) is 6.39. The highest BCUT2D eigenvalue weighted by atomic mass is 32.2. The molecule has 0 saturated heterocycles. The maximum absolute atomic E-state index is 11.8. The van der Waals surface area contributed by atoms with Crippen LogP contribution in [0.15, 0.2) is 44.0 Å². The van der Waals surface area contributed by atoms with Crippen molar-refractivity contribution in [2.45, 2.75) is 48.6 Å². The number of ether oxygens (including phenoxy) is 4. The molecule has 4 N–H and O–H groups in total. The Labute approximate surface area is 245 Å². The van der Waals surface area contributed by atoms with Crippen molar-refractivity contribution in [3.8, 4) is 23.0 Å². The monoisotopic (exact) mass is 632 g/mol. The van der Waals surface area contributed by atoms with E-state index in [2.05, 4.69) is 9.98 Å². The van der Waals surface area contributed by atoms with Gasteiger partial charge in [0.1, 0.15) is 13.2 Å². The van der Waals surface area contributed by atoms with Gasteiger partial charge in [-0.2, -0.15) is 16.8 Å². The van der Waals surface area contributed by atoms with E-state index < -0.39 is 52.6 Å². The molecular formula is C26H36N2O12S2. The molecule has 0 aliphatic carbocycles. The van der Waals surface area contributed by atoms with Crippen LogP contribution in [-0.4, -0.2) is 100 Å². The van der Waals surface area contributed by atoms with Crippen LogP contribution in [0.2, 0.25) is 0 Å². The molecule has 0 heterocycles. The summed E-state index contributed by atoms with van der Waals surface area (Å²) in [5.41, 5.74) is -2.26. The molecule has 0 amide bonds. The van der Waals surface area contributed by atoms with Crippen LogP contribution >= 0.6 is 0 Å². The molecular weight excluding hydrogens is 596 g/mol. The zero-order chi connectivity index (χ0) is 31.9. The van der Waals surface area contributed by atoms with E-state index in [0.717, 1.165) is 24.3 Å². The third kappa shape index (κ3) is 9.11. The molecule has 0 spiro atoms. The minimum absolute atomic E-state index is 0.00637. The fourth-order valence-corrected chi connectivity index (χ4v) is 4.23. The van der Waals surface area contributed by atoms with Crippen LogP contribution in [0.1, 0.15) is 38.8 Å². The summed E-state index contributed by atoms with van der Waals surface area (Å²) in [5.74, 6) is -1.27. The number of phenolic OH excluding ortho intramolecular Hbond substituents is 2. The lowest BCUT2D eigenvalue weighted by Gasteiger charge is -2.35. The molecule has 0 atom stereocenters. The van der Waals surface area contributed by atoms with Crippen LogP contribution in [-0.2, 0) is 29.7 Å². The Hall–Kier alpha value is -3.28. The number of nitrogens with zero attached hydrogens (tertiary/aromatic N) is 2. The average molecular weight is 633 g/mol. The minimum atomic E-state index is -4.65. The van der Waals surface area contributed by atoms with Gasteiger partial charge in [-0.15, -0.1) is 0 Å². The first-order valence-electron chi connectivity index (χ1n) is 12.4. The van der Waals surface area contributed by atoms with Gasteiger partial charge in [-0.05, 0) is 39.8 Å². The third-order valence-corrected chi connectivity index (χ3v) is 8.05. The molecule has 234 valence electrons. The van der Waals surface area contributed by atoms with E-state index in [1.807, 2.05) is 0 Å². The largest absolute Gasteiger partial charge is 0.504 e. The number of hydrogen-bond acceptors (Lipinski definition) is 12. The van der Waals surface area contributed by atoms with Gasteiger partial charge in [0.05, 0.1) is 34.1 Å². The zero-order valence-corrected chi connectivity index (χ0v) is 25.7. The van der Waals surface area contributed by atoms with E-state index in [1.54, 1.807) is 27.7 Å². The number of hydrogen-bond donors (Lipinski definition) is 4. The lowest BCUT2D eigenvalue weighted by atomic mass is 9.83. The molecule has 0 radical (unpaired) electrons. The first-order valence-corrected chi connectivity index (χ1v) is 15.2. The Balaban J connectivity index is 2.49. The van der Waals surface area contributed by atoms with Crippen molar-refractivity contribution in [3.63, 3.8) is 0 Å². The van der Waals surface area contributed by atoms with Gasteiger partial charge in [0, 0.05) is 49.9 Å². The fourth-order valence-electron chi connectivity index (χ4n) is 3.17. The van der Waals surface area contributed by atoms with Crippen LogP contribution in [0.3, 0.4) is 0 Å². The standard InChI is InChI=1S/C26H36N2O12S2/c1-25(2,27-15-17-11-19(41(31,32)33)13-21(23(17)29)39-9-7-37-5)26(3,4)28-16-18-12-20(42(34,35)36)14-22(24(18)30)40-10-8-38-6/h11-16,29-30H,7-10H2,1-6H3,(H,31,32,33)(H,34,35,36). The van der Waals surface area contributed by atoms with Crippen molar-refractivity contribution in [1.29, 1.82) is 0 Å². The minimum Gasteiger partial charge on any atom is -0.504 e. The van der Waals surface area contributed by atoms with Crippen LogP contribution in [0.4, 0.5) is 0 Å². The first kappa shape index (κ1) is 34.9. The number of methoxy groups -OCH3 is 2. The normalized spacial score (nSPS) is 13.2. The molecule has 42 heavy (non-hydrogen) atoms. The van der Waals surface area contributed by atoms with E-state index in [0.29, 0.717) is 0 Å². The second-order valence-corrected chi connectivity index (χ2v) is 12.8. The topological polar surface area (TPSA) is 211 Å². The molecule has 0 saturated carbocycles. The Morgan fingerprint density at radius 3 is 1.29 bits per heavy atom. The van der Waals surface area contributed by atoms with Crippen molar-refractivity contribution in [1.82, 2.24) is 0 Å². The smallest absolute Gasteiger partial charge is 0.294 e. The number of phenols is 2. The summed E-state index contributed by atoms with van der Waals surface area (Å²) in [6, 6.07) is 3.98. The summed E-state index contributed by atoms with van der Waals surface area (Å²) in [5, 5.41) is 21.4. The Morgan fingerprint density at radius 1 is 0.667 bits per heavy atom. The maximum atomic E-state index is 11.8. The first-order chi connectivity index (χ1) is 19.3. The summed E-state index contributed by atoms with van der Waals surface area (Å²) >= 11 is 0. The zero-order valence-electron chi connectivity index (χ0n) is 24.1. The van der Waals surface area contributed by atoms with Gasteiger partial charge in [-0.1, -0.05) is 0 Å². The second-order valence-electron chi connectivity index (χ2n) is 9.99. The van der Waals surface area contributed by atoms with Gasteiger partial charge < -0.3 is 29.2 Å². The van der Waals surface area contributed by atoms with E-state index >= 15 is 0 Å². The molecule has 2 rings (SSSR count). The van der Waals surface area contributed by atoms with Gasteiger partial charge in [0.15, 0.2) is 23.0 Å². The molecule has 0 bridgehead atoms. The number of aromatic hydroxyl groups is 2. The summed E-state index contributed by atoms with van der Waals surface area (Å²) in [6.45, 7) is 7.05. The Morgan fingerprint density at radius 2 is 1.00 bits per heavy atom. The van der Waals surface area contributed by atoms with Crippen LogP contribution in [0.25, 0.3) is 0 Å². The van der Waals surface area contributed by atoms with Crippen molar-refractivity contribution in [2.24, 2.45) is 9.98 Å².